The zero-order valence-electron chi connectivity index (χ0n) is 25.7. The quantitative estimate of drug-likeness (QED) is 0.324. The lowest BCUT2D eigenvalue weighted by atomic mass is 9.93. The smallest absolute Gasteiger partial charge is 0.319 e. The van der Waals surface area contributed by atoms with E-state index in [2.05, 4.69) is 32.9 Å². The number of rotatable bonds is 5. The molecule has 3 fully saturated rings. The Kier molecular flexibility index (Phi) is 7.02. The van der Waals surface area contributed by atoms with Gasteiger partial charge in [-0.3, -0.25) is 9.88 Å². The summed E-state index contributed by atoms with van der Waals surface area (Å²) in [4.78, 5) is 20.5. The van der Waals surface area contributed by atoms with Gasteiger partial charge < -0.3 is 25.0 Å². The molecule has 7 heterocycles. The average molecular weight is 651 g/mol. The van der Waals surface area contributed by atoms with E-state index in [1.807, 2.05) is 18.9 Å². The first-order chi connectivity index (χ1) is 22.1. The van der Waals surface area contributed by atoms with Crippen LogP contribution in [0.3, 0.4) is 0 Å². The molecule has 0 radical (unpaired) electrons. The van der Waals surface area contributed by atoms with Crippen LogP contribution in [-0.2, 0) is 18.0 Å². The number of anilines is 2. The standard InChI is InChI=1S/C32H33F3N8O2S/c1-14(22-6-15(33)9-42(22)3)45-32-39-28-25(31(40-32)43-16-4-5-17(43)11-41(2)10-16)20-13-44-12-19(20)23(26(28)35)27-24-18(7-36)30(37)46-29(24)21(34)8-38-27/h8,14-17,22H,4-6,9-13,37H2,1-3H3/t14-,15+,16?,17?,22-/m0/s1. The maximum atomic E-state index is 17.3. The SMILES string of the molecule is C[C@H](Oc1nc(N2C3CCC2CN(C)C3)c2c3c(c(-c4ncc(F)c5sc(N)c(C#N)c45)c(F)c2n1)COC3)[C@@H]1C[C@@H](F)CN1C. The second-order valence-corrected chi connectivity index (χ2v) is 14.0. The summed E-state index contributed by atoms with van der Waals surface area (Å²) in [6, 6.07) is 2.20. The van der Waals surface area contributed by atoms with Crippen LogP contribution in [0.4, 0.5) is 24.0 Å². The monoisotopic (exact) mass is 650 g/mol. The summed E-state index contributed by atoms with van der Waals surface area (Å²) in [5.74, 6) is -0.728. The number of halogens is 3. The van der Waals surface area contributed by atoms with Gasteiger partial charge in [0, 0.05) is 48.7 Å². The first kappa shape index (κ1) is 29.6. The Hall–Kier alpha value is -3.77. The number of hydrogen-bond donors (Lipinski definition) is 1. The molecule has 2 bridgehead atoms. The van der Waals surface area contributed by atoms with Gasteiger partial charge in [0.1, 0.15) is 34.7 Å². The molecule has 2 N–H and O–H groups in total. The number of nitrogen functional groups attached to an aromatic ring is 1. The molecule has 4 aliphatic rings. The van der Waals surface area contributed by atoms with Gasteiger partial charge in [0.15, 0.2) is 11.6 Å². The van der Waals surface area contributed by atoms with Gasteiger partial charge in [-0.25, -0.2) is 13.2 Å². The lowest BCUT2D eigenvalue weighted by Crippen LogP contribution is -2.53. The minimum Gasteiger partial charge on any atom is -0.459 e. The van der Waals surface area contributed by atoms with Crippen LogP contribution in [0.5, 0.6) is 6.01 Å². The molecule has 3 aromatic heterocycles. The summed E-state index contributed by atoms with van der Waals surface area (Å²) < 4.78 is 58.9. The van der Waals surface area contributed by atoms with Crippen LogP contribution in [0.2, 0.25) is 0 Å². The summed E-state index contributed by atoms with van der Waals surface area (Å²) in [5, 5.41) is 10.8. The first-order valence-corrected chi connectivity index (χ1v) is 16.3. The molecule has 4 aromatic rings. The molecule has 3 saturated heterocycles. The number of benzene rings is 1. The van der Waals surface area contributed by atoms with Gasteiger partial charge in [0.2, 0.25) is 0 Å². The predicted octanol–water partition coefficient (Wildman–Crippen LogP) is 4.76. The minimum absolute atomic E-state index is 0.00227. The van der Waals surface area contributed by atoms with Crippen LogP contribution < -0.4 is 15.4 Å². The van der Waals surface area contributed by atoms with E-state index in [-0.39, 0.29) is 74.8 Å². The molecule has 0 aliphatic carbocycles. The van der Waals surface area contributed by atoms with Crippen LogP contribution >= 0.6 is 11.3 Å². The molecular weight excluding hydrogens is 617 g/mol. The maximum Gasteiger partial charge on any atom is 0.319 e. The summed E-state index contributed by atoms with van der Waals surface area (Å²) in [5.41, 5.74) is 7.70. The molecule has 2 unspecified atom stereocenters. The van der Waals surface area contributed by atoms with Gasteiger partial charge in [-0.05, 0) is 51.4 Å². The molecule has 0 saturated carbocycles. The van der Waals surface area contributed by atoms with E-state index in [4.69, 9.17) is 20.2 Å². The highest BCUT2D eigenvalue weighted by Gasteiger charge is 2.43. The van der Waals surface area contributed by atoms with E-state index in [0.29, 0.717) is 29.7 Å². The molecular formula is C32H33F3N8O2S. The number of piperazine rings is 1. The molecule has 0 spiro atoms. The van der Waals surface area contributed by atoms with E-state index in [0.717, 1.165) is 49.0 Å². The number of thiophene rings is 1. The molecule has 8 rings (SSSR count). The van der Waals surface area contributed by atoms with Crippen molar-refractivity contribution in [2.24, 2.45) is 0 Å². The predicted molar refractivity (Wildman–Crippen MR) is 168 cm³/mol. The van der Waals surface area contributed by atoms with Crippen molar-refractivity contribution < 1.29 is 22.6 Å². The number of alkyl halides is 1. The molecule has 5 atom stereocenters. The molecule has 240 valence electrons. The molecule has 1 aromatic carbocycles. The largest absolute Gasteiger partial charge is 0.459 e. The van der Waals surface area contributed by atoms with E-state index in [1.54, 1.807) is 0 Å². The Bertz CT molecular complexity index is 1930. The van der Waals surface area contributed by atoms with E-state index in [9.17, 15) is 14.0 Å². The van der Waals surface area contributed by atoms with Crippen molar-refractivity contribution in [3.63, 3.8) is 0 Å². The zero-order valence-corrected chi connectivity index (χ0v) is 26.5. The number of nitrogens with two attached hydrogens (primary N) is 1. The topological polar surface area (TPSA) is 117 Å². The second kappa shape index (κ2) is 10.9. The van der Waals surface area contributed by atoms with Gasteiger partial charge in [-0.15, -0.1) is 11.3 Å². The first-order valence-electron chi connectivity index (χ1n) is 15.5. The Labute approximate surface area is 267 Å². The maximum absolute atomic E-state index is 17.3. The van der Waals surface area contributed by atoms with Crippen molar-refractivity contribution in [1.29, 1.82) is 5.26 Å². The Morgan fingerprint density at radius 2 is 1.85 bits per heavy atom. The number of pyridine rings is 1. The highest BCUT2D eigenvalue weighted by atomic mass is 32.1. The number of aromatic nitrogens is 3. The number of nitriles is 1. The summed E-state index contributed by atoms with van der Waals surface area (Å²) in [6.45, 7) is 4.14. The lowest BCUT2D eigenvalue weighted by Gasteiger charge is -2.41. The Morgan fingerprint density at radius 1 is 1.11 bits per heavy atom. The Morgan fingerprint density at radius 3 is 2.54 bits per heavy atom. The number of nitrogens with zero attached hydrogens (tertiary/aromatic N) is 7. The molecule has 4 aliphatic heterocycles. The van der Waals surface area contributed by atoms with Gasteiger partial charge in [-0.1, -0.05) is 0 Å². The van der Waals surface area contributed by atoms with Crippen molar-refractivity contribution in [2.75, 3.05) is 44.4 Å². The number of likely N-dealkylation sites (tertiary alicyclic amines) is 2. The highest BCUT2D eigenvalue weighted by molar-refractivity contribution is 7.23. The summed E-state index contributed by atoms with van der Waals surface area (Å²) >= 11 is 0.932. The van der Waals surface area contributed by atoms with Crippen LogP contribution in [-0.4, -0.2) is 88.9 Å². The van der Waals surface area contributed by atoms with Crippen LogP contribution in [0.1, 0.15) is 42.9 Å². The van der Waals surface area contributed by atoms with Crippen LogP contribution in [0.15, 0.2) is 6.20 Å². The fourth-order valence-electron chi connectivity index (χ4n) is 8.08. The summed E-state index contributed by atoms with van der Waals surface area (Å²) in [6.07, 6.45) is 1.88. The average Bonchev–Trinajstić information content (AvgIpc) is 3.77. The molecule has 10 nitrogen and oxygen atoms in total. The number of ether oxygens (including phenoxy) is 2. The highest BCUT2D eigenvalue weighted by Crippen LogP contribution is 2.48. The van der Waals surface area contributed by atoms with Gasteiger partial charge >= 0.3 is 6.01 Å². The Balaban J connectivity index is 1.37. The fraction of sp³-hybridized carbons (Fsp3) is 0.500. The number of likely N-dealkylation sites (N-methyl/N-ethyl adjacent to an activating group) is 2. The van der Waals surface area contributed by atoms with Crippen molar-refractivity contribution >= 4 is 43.1 Å². The third-order valence-electron chi connectivity index (χ3n) is 10.1. The summed E-state index contributed by atoms with van der Waals surface area (Å²) in [7, 11) is 3.96. The van der Waals surface area contributed by atoms with E-state index >= 15 is 4.39 Å². The van der Waals surface area contributed by atoms with Crippen molar-refractivity contribution in [2.45, 2.75) is 69.8 Å². The fourth-order valence-corrected chi connectivity index (χ4v) is 9.01. The third kappa shape index (κ3) is 4.43. The number of hydrogen-bond acceptors (Lipinski definition) is 11. The molecule has 46 heavy (non-hydrogen) atoms. The van der Waals surface area contributed by atoms with E-state index < -0.39 is 23.9 Å². The van der Waals surface area contributed by atoms with Crippen molar-refractivity contribution in [3.8, 4) is 23.3 Å². The van der Waals surface area contributed by atoms with Crippen molar-refractivity contribution in [3.05, 3.63) is 34.5 Å². The van der Waals surface area contributed by atoms with Gasteiger partial charge in [0.25, 0.3) is 0 Å². The van der Waals surface area contributed by atoms with Gasteiger partial charge in [0.05, 0.1) is 40.8 Å². The zero-order chi connectivity index (χ0) is 32.0. The van der Waals surface area contributed by atoms with Gasteiger partial charge in [-0.2, -0.15) is 15.2 Å². The van der Waals surface area contributed by atoms with Crippen molar-refractivity contribution in [1.82, 2.24) is 24.8 Å². The van der Waals surface area contributed by atoms with Crippen LogP contribution in [0.25, 0.3) is 32.2 Å². The normalized spacial score (nSPS) is 25.5. The molecule has 14 heteroatoms. The second-order valence-electron chi connectivity index (χ2n) is 13.0. The minimum atomic E-state index is -0.956. The van der Waals surface area contributed by atoms with E-state index in [1.165, 1.54) is 0 Å². The van der Waals surface area contributed by atoms with Crippen LogP contribution in [0, 0.1) is 23.0 Å². The number of fused-ring (bicyclic) bond motifs is 6. The molecule has 0 amide bonds. The lowest BCUT2D eigenvalue weighted by molar-refractivity contribution is 0.112. The third-order valence-corrected chi connectivity index (χ3v) is 11.1.